The zero-order chi connectivity index (χ0) is 15.8. The van der Waals surface area contributed by atoms with Crippen LogP contribution < -0.4 is 10.2 Å². The molecule has 0 radical (unpaired) electrons. The lowest BCUT2D eigenvalue weighted by molar-refractivity contribution is 0.626. The molecule has 2 heterocycles. The van der Waals surface area contributed by atoms with Gasteiger partial charge in [0, 0.05) is 24.0 Å². The van der Waals surface area contributed by atoms with Gasteiger partial charge in [-0.05, 0) is 56.5 Å². The molecule has 23 heavy (non-hydrogen) atoms. The molecule has 1 aliphatic heterocycles. The standard InChI is InChI=1S/C19H21N3S/c1-13(2)22-10-6-7-14-11-18-16(12-17(14)22)21-19(23-18)20-15-8-4-3-5-9-15/h3-5,8-9,11-13H,6-7,10H2,1-2H3,(H,20,21). The topological polar surface area (TPSA) is 28.2 Å². The molecule has 0 unspecified atom stereocenters. The van der Waals surface area contributed by atoms with Crippen molar-refractivity contribution in [3.8, 4) is 0 Å². The number of fused-ring (bicyclic) bond motifs is 2. The lowest BCUT2D eigenvalue weighted by Crippen LogP contribution is -2.35. The summed E-state index contributed by atoms with van der Waals surface area (Å²) < 4.78 is 1.27. The van der Waals surface area contributed by atoms with E-state index < -0.39 is 0 Å². The van der Waals surface area contributed by atoms with Crippen LogP contribution in [0.1, 0.15) is 25.8 Å². The molecule has 0 spiro atoms. The Kier molecular flexibility index (Phi) is 3.69. The number of aryl methyl sites for hydroxylation is 1. The maximum absolute atomic E-state index is 4.79. The molecular formula is C19H21N3S. The fourth-order valence-corrected chi connectivity index (χ4v) is 4.20. The third-order valence-corrected chi connectivity index (χ3v) is 5.33. The molecule has 0 bridgehead atoms. The third kappa shape index (κ3) is 2.79. The van der Waals surface area contributed by atoms with Crippen molar-refractivity contribution in [1.82, 2.24) is 4.98 Å². The Morgan fingerprint density at radius 3 is 2.78 bits per heavy atom. The minimum atomic E-state index is 0.534. The quantitative estimate of drug-likeness (QED) is 0.718. The second-order valence-corrected chi connectivity index (χ2v) is 7.38. The number of hydrogen-bond donors (Lipinski definition) is 1. The monoisotopic (exact) mass is 323 g/mol. The number of para-hydroxylation sites is 1. The van der Waals surface area contributed by atoms with Crippen molar-refractivity contribution in [3.63, 3.8) is 0 Å². The van der Waals surface area contributed by atoms with Crippen molar-refractivity contribution in [2.75, 3.05) is 16.8 Å². The van der Waals surface area contributed by atoms with Crippen LogP contribution in [0.3, 0.4) is 0 Å². The van der Waals surface area contributed by atoms with Gasteiger partial charge < -0.3 is 10.2 Å². The summed E-state index contributed by atoms with van der Waals surface area (Å²) >= 11 is 1.73. The van der Waals surface area contributed by atoms with Crippen molar-refractivity contribution in [2.24, 2.45) is 0 Å². The molecule has 1 N–H and O–H groups in total. The van der Waals surface area contributed by atoms with Crippen LogP contribution in [0.15, 0.2) is 42.5 Å². The second-order valence-electron chi connectivity index (χ2n) is 6.35. The Morgan fingerprint density at radius 2 is 2.00 bits per heavy atom. The molecule has 1 aliphatic rings. The average Bonchev–Trinajstić information content (AvgIpc) is 2.93. The summed E-state index contributed by atoms with van der Waals surface area (Å²) in [4.78, 5) is 7.29. The number of aromatic nitrogens is 1. The van der Waals surface area contributed by atoms with Gasteiger partial charge >= 0.3 is 0 Å². The Morgan fingerprint density at radius 1 is 1.17 bits per heavy atom. The SMILES string of the molecule is CC(C)N1CCCc2cc3sc(Nc4ccccc4)nc3cc21. The molecule has 4 heteroatoms. The van der Waals surface area contributed by atoms with E-state index in [0.29, 0.717) is 6.04 Å². The van der Waals surface area contributed by atoms with E-state index in [-0.39, 0.29) is 0 Å². The van der Waals surface area contributed by atoms with E-state index in [4.69, 9.17) is 4.98 Å². The predicted octanol–water partition coefficient (Wildman–Crippen LogP) is 5.20. The van der Waals surface area contributed by atoms with Gasteiger partial charge in [-0.15, -0.1) is 0 Å². The number of anilines is 3. The average molecular weight is 323 g/mol. The first kappa shape index (κ1) is 14.5. The summed E-state index contributed by atoms with van der Waals surface area (Å²) in [6.07, 6.45) is 2.42. The van der Waals surface area contributed by atoms with Crippen LogP contribution in [0.2, 0.25) is 0 Å². The summed E-state index contributed by atoms with van der Waals surface area (Å²) in [5.74, 6) is 0. The normalized spacial score (nSPS) is 14.3. The van der Waals surface area contributed by atoms with Gasteiger partial charge in [0.25, 0.3) is 0 Å². The number of hydrogen-bond acceptors (Lipinski definition) is 4. The van der Waals surface area contributed by atoms with Crippen molar-refractivity contribution in [3.05, 3.63) is 48.0 Å². The van der Waals surface area contributed by atoms with Gasteiger partial charge in [0.05, 0.1) is 10.2 Å². The first-order valence-corrected chi connectivity index (χ1v) is 9.04. The number of nitrogens with zero attached hydrogens (tertiary/aromatic N) is 2. The maximum atomic E-state index is 4.79. The highest BCUT2D eigenvalue weighted by atomic mass is 32.1. The third-order valence-electron chi connectivity index (χ3n) is 4.39. The highest BCUT2D eigenvalue weighted by Crippen LogP contribution is 2.36. The molecule has 2 aromatic carbocycles. The predicted molar refractivity (Wildman–Crippen MR) is 100 cm³/mol. The summed E-state index contributed by atoms with van der Waals surface area (Å²) in [5, 5.41) is 4.37. The minimum Gasteiger partial charge on any atom is -0.369 e. The summed E-state index contributed by atoms with van der Waals surface area (Å²) in [6, 6.07) is 15.4. The zero-order valence-electron chi connectivity index (χ0n) is 13.5. The zero-order valence-corrected chi connectivity index (χ0v) is 14.4. The summed E-state index contributed by atoms with van der Waals surface area (Å²) in [6.45, 7) is 5.68. The molecule has 1 aromatic heterocycles. The largest absolute Gasteiger partial charge is 0.369 e. The summed E-state index contributed by atoms with van der Waals surface area (Å²) in [5.41, 5.74) is 5.02. The fourth-order valence-electron chi connectivity index (χ4n) is 3.27. The molecule has 0 saturated heterocycles. The van der Waals surface area contributed by atoms with Crippen molar-refractivity contribution in [1.29, 1.82) is 0 Å². The van der Waals surface area contributed by atoms with E-state index >= 15 is 0 Å². The highest BCUT2D eigenvalue weighted by molar-refractivity contribution is 7.22. The van der Waals surface area contributed by atoms with Gasteiger partial charge in [0.1, 0.15) is 0 Å². The molecular weight excluding hydrogens is 302 g/mol. The van der Waals surface area contributed by atoms with Crippen molar-refractivity contribution < 1.29 is 0 Å². The van der Waals surface area contributed by atoms with E-state index in [1.165, 1.54) is 28.8 Å². The minimum absolute atomic E-state index is 0.534. The molecule has 0 saturated carbocycles. The molecule has 3 aromatic rings. The van der Waals surface area contributed by atoms with Crippen LogP contribution >= 0.6 is 11.3 Å². The Balaban J connectivity index is 1.72. The van der Waals surface area contributed by atoms with E-state index in [2.05, 4.69) is 48.3 Å². The maximum Gasteiger partial charge on any atom is 0.188 e. The van der Waals surface area contributed by atoms with Crippen LogP contribution in [0.4, 0.5) is 16.5 Å². The smallest absolute Gasteiger partial charge is 0.188 e. The van der Waals surface area contributed by atoms with Gasteiger partial charge in [-0.3, -0.25) is 0 Å². The molecule has 0 aliphatic carbocycles. The van der Waals surface area contributed by atoms with Gasteiger partial charge in [-0.1, -0.05) is 29.5 Å². The van der Waals surface area contributed by atoms with E-state index in [0.717, 1.165) is 22.9 Å². The molecule has 4 rings (SSSR count). The van der Waals surface area contributed by atoms with Crippen molar-refractivity contribution in [2.45, 2.75) is 32.7 Å². The molecule has 0 atom stereocenters. The van der Waals surface area contributed by atoms with Crippen molar-refractivity contribution >= 4 is 38.1 Å². The van der Waals surface area contributed by atoms with Gasteiger partial charge in [-0.25, -0.2) is 4.98 Å². The highest BCUT2D eigenvalue weighted by Gasteiger charge is 2.20. The van der Waals surface area contributed by atoms with Crippen LogP contribution in [0, 0.1) is 0 Å². The van der Waals surface area contributed by atoms with E-state index in [9.17, 15) is 0 Å². The summed E-state index contributed by atoms with van der Waals surface area (Å²) in [7, 11) is 0. The van der Waals surface area contributed by atoms with Crippen LogP contribution in [0.5, 0.6) is 0 Å². The lowest BCUT2D eigenvalue weighted by Gasteiger charge is -2.34. The molecule has 3 nitrogen and oxygen atoms in total. The molecule has 0 amide bonds. The Hall–Kier alpha value is -2.07. The molecule has 0 fully saturated rings. The number of rotatable bonds is 3. The molecule has 118 valence electrons. The second kappa shape index (κ2) is 5.85. The number of nitrogens with one attached hydrogen (secondary N) is 1. The van der Waals surface area contributed by atoms with E-state index in [1.54, 1.807) is 11.3 Å². The Labute approximate surface area is 141 Å². The first-order valence-electron chi connectivity index (χ1n) is 8.23. The van der Waals surface area contributed by atoms with E-state index in [1.807, 2.05) is 18.2 Å². The van der Waals surface area contributed by atoms with Gasteiger partial charge in [-0.2, -0.15) is 0 Å². The van der Waals surface area contributed by atoms with Crippen LogP contribution in [-0.2, 0) is 6.42 Å². The lowest BCUT2D eigenvalue weighted by atomic mass is 10.00. The fraction of sp³-hybridized carbons (Fsp3) is 0.316. The Bertz CT molecular complexity index is 823. The number of thiazole rings is 1. The van der Waals surface area contributed by atoms with Gasteiger partial charge in [0.2, 0.25) is 0 Å². The van der Waals surface area contributed by atoms with Crippen LogP contribution in [-0.4, -0.2) is 17.6 Å². The first-order chi connectivity index (χ1) is 11.2. The number of benzene rings is 2. The van der Waals surface area contributed by atoms with Gasteiger partial charge in [0.15, 0.2) is 5.13 Å². The van der Waals surface area contributed by atoms with Crippen LogP contribution in [0.25, 0.3) is 10.2 Å².